The Morgan fingerprint density at radius 1 is 1.16 bits per heavy atom. The summed E-state index contributed by atoms with van der Waals surface area (Å²) in [4.78, 5) is 0. The molecule has 0 fully saturated rings. The van der Waals surface area contributed by atoms with E-state index in [4.69, 9.17) is 23.2 Å². The molecule has 1 nitrogen and oxygen atoms in total. The van der Waals surface area contributed by atoms with Gasteiger partial charge in [-0.3, -0.25) is 0 Å². The van der Waals surface area contributed by atoms with E-state index in [0.29, 0.717) is 16.5 Å². The fraction of sp³-hybridized carbons (Fsp3) is 0.200. The fourth-order valence-electron chi connectivity index (χ4n) is 1.99. The maximum absolute atomic E-state index is 10.4. The number of aliphatic hydroxyl groups excluding tert-OH is 1. The smallest absolute Gasteiger partial charge is 0.0833 e. The van der Waals surface area contributed by atoms with Crippen LogP contribution in [0.3, 0.4) is 0 Å². The molecular formula is C15H13BrCl2O. The first kappa shape index (κ1) is 14.9. The molecule has 0 heterocycles. The van der Waals surface area contributed by atoms with E-state index in [0.717, 1.165) is 21.2 Å². The van der Waals surface area contributed by atoms with Gasteiger partial charge in [0, 0.05) is 20.9 Å². The summed E-state index contributed by atoms with van der Waals surface area (Å²) in [5.74, 6) is 0. The first-order chi connectivity index (χ1) is 8.97. The van der Waals surface area contributed by atoms with Crippen molar-refractivity contribution in [3.8, 4) is 0 Å². The molecule has 0 radical (unpaired) electrons. The molecule has 2 rings (SSSR count). The molecule has 1 atom stereocenters. The SMILES string of the molecule is Cc1ccc(Br)cc1C(O)Cc1cc(Cl)ccc1Cl. The minimum atomic E-state index is -0.603. The third kappa shape index (κ3) is 3.73. The molecule has 2 aromatic rings. The molecule has 0 spiro atoms. The molecule has 4 heteroatoms. The molecule has 19 heavy (non-hydrogen) atoms. The van der Waals surface area contributed by atoms with Gasteiger partial charge in [0.15, 0.2) is 0 Å². The van der Waals surface area contributed by atoms with E-state index in [2.05, 4.69) is 15.9 Å². The predicted molar refractivity (Wildman–Crippen MR) is 84.0 cm³/mol. The van der Waals surface area contributed by atoms with Gasteiger partial charge in [0.25, 0.3) is 0 Å². The lowest BCUT2D eigenvalue weighted by Crippen LogP contribution is -2.04. The highest BCUT2D eigenvalue weighted by atomic mass is 79.9. The minimum absolute atomic E-state index is 0.441. The topological polar surface area (TPSA) is 20.2 Å². The molecule has 0 aliphatic carbocycles. The van der Waals surface area contributed by atoms with Crippen LogP contribution in [0.15, 0.2) is 40.9 Å². The van der Waals surface area contributed by atoms with Crippen LogP contribution < -0.4 is 0 Å². The Balaban J connectivity index is 2.27. The van der Waals surface area contributed by atoms with Gasteiger partial charge in [0.2, 0.25) is 0 Å². The molecule has 1 unspecified atom stereocenters. The third-order valence-electron chi connectivity index (χ3n) is 3.02. The second kappa shape index (κ2) is 6.27. The van der Waals surface area contributed by atoms with Crippen LogP contribution in [0.2, 0.25) is 10.0 Å². The number of halogens is 3. The molecule has 0 aliphatic heterocycles. The van der Waals surface area contributed by atoms with Crippen LogP contribution in [0, 0.1) is 6.92 Å². The summed E-state index contributed by atoms with van der Waals surface area (Å²) in [6, 6.07) is 11.1. The van der Waals surface area contributed by atoms with Crippen molar-refractivity contribution in [2.24, 2.45) is 0 Å². The molecule has 0 aromatic heterocycles. The van der Waals surface area contributed by atoms with E-state index in [1.165, 1.54) is 0 Å². The highest BCUT2D eigenvalue weighted by molar-refractivity contribution is 9.10. The molecule has 0 saturated carbocycles. The first-order valence-electron chi connectivity index (χ1n) is 5.85. The highest BCUT2D eigenvalue weighted by Crippen LogP contribution is 2.29. The summed E-state index contributed by atoms with van der Waals surface area (Å²) in [5, 5.41) is 11.6. The lowest BCUT2D eigenvalue weighted by molar-refractivity contribution is 0.177. The summed E-state index contributed by atoms with van der Waals surface area (Å²) >= 11 is 15.5. The standard InChI is InChI=1S/C15H13BrCl2O/c1-9-2-3-11(16)8-13(9)15(19)7-10-6-12(17)4-5-14(10)18/h2-6,8,15,19H,7H2,1H3. The zero-order chi connectivity index (χ0) is 14.0. The van der Waals surface area contributed by atoms with Gasteiger partial charge in [-0.05, 0) is 53.9 Å². The maximum atomic E-state index is 10.4. The summed E-state index contributed by atoms with van der Waals surface area (Å²) in [5.41, 5.74) is 2.79. The van der Waals surface area contributed by atoms with Crippen molar-refractivity contribution in [1.29, 1.82) is 0 Å². The second-order valence-corrected chi connectivity index (χ2v) is 6.22. The monoisotopic (exact) mass is 358 g/mol. The maximum Gasteiger partial charge on any atom is 0.0833 e. The number of rotatable bonds is 3. The Morgan fingerprint density at radius 3 is 2.63 bits per heavy atom. The normalized spacial score (nSPS) is 12.5. The lowest BCUT2D eigenvalue weighted by Gasteiger charge is -2.15. The second-order valence-electron chi connectivity index (χ2n) is 4.46. The minimum Gasteiger partial charge on any atom is -0.388 e. The third-order valence-corrected chi connectivity index (χ3v) is 4.12. The van der Waals surface area contributed by atoms with Crippen LogP contribution in [0.4, 0.5) is 0 Å². The molecule has 1 N–H and O–H groups in total. The molecule has 0 bridgehead atoms. The Morgan fingerprint density at radius 2 is 1.89 bits per heavy atom. The van der Waals surface area contributed by atoms with Crippen LogP contribution in [0.1, 0.15) is 22.8 Å². The van der Waals surface area contributed by atoms with Crippen LogP contribution in [-0.2, 0) is 6.42 Å². The van der Waals surface area contributed by atoms with E-state index in [1.54, 1.807) is 18.2 Å². The van der Waals surface area contributed by atoms with Gasteiger partial charge >= 0.3 is 0 Å². The average molecular weight is 360 g/mol. The van der Waals surface area contributed by atoms with Gasteiger partial charge in [-0.1, -0.05) is 45.2 Å². The van der Waals surface area contributed by atoms with Crippen molar-refractivity contribution in [3.63, 3.8) is 0 Å². The van der Waals surface area contributed by atoms with Crippen molar-refractivity contribution < 1.29 is 5.11 Å². The lowest BCUT2D eigenvalue weighted by atomic mass is 9.98. The number of aryl methyl sites for hydroxylation is 1. The first-order valence-corrected chi connectivity index (χ1v) is 7.40. The number of hydrogen-bond donors (Lipinski definition) is 1. The molecule has 0 aliphatic rings. The van der Waals surface area contributed by atoms with Gasteiger partial charge < -0.3 is 5.11 Å². The van der Waals surface area contributed by atoms with Gasteiger partial charge in [0.05, 0.1) is 6.10 Å². The largest absolute Gasteiger partial charge is 0.388 e. The number of hydrogen-bond acceptors (Lipinski definition) is 1. The summed E-state index contributed by atoms with van der Waals surface area (Å²) in [6.45, 7) is 1.98. The fourth-order valence-corrected chi connectivity index (χ4v) is 2.76. The quantitative estimate of drug-likeness (QED) is 0.784. The van der Waals surface area contributed by atoms with Crippen molar-refractivity contribution in [3.05, 3.63) is 67.6 Å². The van der Waals surface area contributed by atoms with Gasteiger partial charge in [-0.2, -0.15) is 0 Å². The molecule has 2 aromatic carbocycles. The van der Waals surface area contributed by atoms with Gasteiger partial charge in [-0.25, -0.2) is 0 Å². The van der Waals surface area contributed by atoms with E-state index in [-0.39, 0.29) is 0 Å². The van der Waals surface area contributed by atoms with Gasteiger partial charge in [-0.15, -0.1) is 0 Å². The molecular weight excluding hydrogens is 347 g/mol. The van der Waals surface area contributed by atoms with E-state index >= 15 is 0 Å². The summed E-state index contributed by atoms with van der Waals surface area (Å²) in [6.07, 6.45) is -0.162. The molecule has 100 valence electrons. The van der Waals surface area contributed by atoms with Crippen molar-refractivity contribution in [2.45, 2.75) is 19.4 Å². The predicted octanol–water partition coefficient (Wildman–Crippen LogP) is 5.34. The Labute approximate surface area is 131 Å². The Hall–Kier alpha value is -0.540. The van der Waals surface area contributed by atoms with Crippen LogP contribution >= 0.6 is 39.1 Å². The highest BCUT2D eigenvalue weighted by Gasteiger charge is 2.14. The van der Waals surface area contributed by atoms with Gasteiger partial charge in [0.1, 0.15) is 0 Å². The van der Waals surface area contributed by atoms with E-state index < -0.39 is 6.10 Å². The summed E-state index contributed by atoms with van der Waals surface area (Å²) in [7, 11) is 0. The zero-order valence-electron chi connectivity index (χ0n) is 10.3. The number of aliphatic hydroxyl groups is 1. The van der Waals surface area contributed by atoms with Crippen LogP contribution in [0.25, 0.3) is 0 Å². The van der Waals surface area contributed by atoms with Crippen LogP contribution in [0.5, 0.6) is 0 Å². The number of benzene rings is 2. The van der Waals surface area contributed by atoms with E-state index in [9.17, 15) is 5.11 Å². The van der Waals surface area contributed by atoms with Crippen molar-refractivity contribution in [2.75, 3.05) is 0 Å². The zero-order valence-corrected chi connectivity index (χ0v) is 13.4. The van der Waals surface area contributed by atoms with Crippen molar-refractivity contribution >= 4 is 39.1 Å². The Bertz CT molecular complexity index is 599. The Kier molecular flexibility index (Phi) is 4.91. The average Bonchev–Trinajstić information content (AvgIpc) is 2.36. The van der Waals surface area contributed by atoms with Crippen LogP contribution in [-0.4, -0.2) is 5.11 Å². The summed E-state index contributed by atoms with van der Waals surface area (Å²) < 4.78 is 0.948. The molecule has 0 amide bonds. The van der Waals surface area contributed by atoms with E-state index in [1.807, 2.05) is 25.1 Å². The van der Waals surface area contributed by atoms with Crippen molar-refractivity contribution in [1.82, 2.24) is 0 Å². The molecule has 0 saturated heterocycles.